The van der Waals surface area contributed by atoms with Crippen LogP contribution in [0.1, 0.15) is 68.9 Å². The molecule has 0 spiro atoms. The van der Waals surface area contributed by atoms with Gasteiger partial charge >= 0.3 is 5.97 Å². The number of hydrogen-bond donors (Lipinski definition) is 0. The zero-order chi connectivity index (χ0) is 18.3. The van der Waals surface area contributed by atoms with Gasteiger partial charge in [0.25, 0.3) is 0 Å². The van der Waals surface area contributed by atoms with E-state index < -0.39 is 0 Å². The van der Waals surface area contributed by atoms with Crippen LogP contribution in [-0.4, -0.2) is 11.8 Å². The van der Waals surface area contributed by atoms with Gasteiger partial charge < -0.3 is 4.74 Å². The number of Topliss-reactive ketones (excluding diaryl/α,β-unsaturated/α-hetero) is 1. The van der Waals surface area contributed by atoms with Gasteiger partial charge in [-0.15, -0.1) is 6.58 Å². The van der Waals surface area contributed by atoms with Crippen molar-refractivity contribution in [3.8, 4) is 5.75 Å². The Morgan fingerprint density at radius 2 is 2.15 bits per heavy atom. The van der Waals surface area contributed by atoms with Gasteiger partial charge in [-0.2, -0.15) is 0 Å². The zero-order valence-electron chi connectivity index (χ0n) is 15.6. The van der Waals surface area contributed by atoms with E-state index in [4.69, 9.17) is 4.74 Å². The van der Waals surface area contributed by atoms with Crippen LogP contribution in [0.2, 0.25) is 0 Å². The van der Waals surface area contributed by atoms with Crippen LogP contribution in [0.4, 0.5) is 0 Å². The number of ketones is 1. The molecule has 0 aliphatic heterocycles. The number of hydrogen-bond acceptors (Lipinski definition) is 3. The van der Waals surface area contributed by atoms with Crippen molar-refractivity contribution in [2.75, 3.05) is 0 Å². The number of carbonyl (C=O) groups excluding carboxylic acids is 2. The Bertz CT molecular complexity index is 750. The van der Waals surface area contributed by atoms with E-state index in [2.05, 4.69) is 25.6 Å². The summed E-state index contributed by atoms with van der Waals surface area (Å²) in [6.07, 6.45) is 8.91. The van der Waals surface area contributed by atoms with Crippen molar-refractivity contribution in [2.45, 2.75) is 64.2 Å². The number of allylic oxidation sites excluding steroid dienone is 1. The van der Waals surface area contributed by atoms with Gasteiger partial charge in [0.05, 0.1) is 0 Å². The summed E-state index contributed by atoms with van der Waals surface area (Å²) in [6.45, 7) is 5.85. The number of ether oxygens (including phenoxy) is 1. The van der Waals surface area contributed by atoms with E-state index in [1.807, 2.05) is 6.07 Å². The molecule has 0 heterocycles. The second kappa shape index (κ2) is 6.68. The molecule has 138 valence electrons. The van der Waals surface area contributed by atoms with Crippen molar-refractivity contribution in [1.82, 2.24) is 0 Å². The predicted octanol–water partition coefficient (Wildman–Crippen LogP) is 4.98. The average Bonchev–Trinajstić information content (AvgIpc) is 2.94. The van der Waals surface area contributed by atoms with Gasteiger partial charge in [-0.3, -0.25) is 9.59 Å². The van der Waals surface area contributed by atoms with E-state index in [-0.39, 0.29) is 11.4 Å². The molecule has 0 amide bonds. The molecule has 3 aliphatic rings. The predicted molar refractivity (Wildman–Crippen MR) is 101 cm³/mol. The maximum absolute atomic E-state index is 12.4. The molecule has 0 N–H and O–H groups in total. The summed E-state index contributed by atoms with van der Waals surface area (Å²) in [5.74, 6) is 2.71. The first kappa shape index (κ1) is 17.5. The molecule has 3 nitrogen and oxygen atoms in total. The molecule has 0 radical (unpaired) electrons. The van der Waals surface area contributed by atoms with Crippen LogP contribution >= 0.6 is 0 Å². The van der Waals surface area contributed by atoms with Crippen LogP contribution in [0.3, 0.4) is 0 Å². The maximum atomic E-state index is 12.4. The molecule has 4 atom stereocenters. The minimum Gasteiger partial charge on any atom is -0.427 e. The SMILES string of the molecule is C=CCCC(=O)Oc1ccc2c(c1)CC[C@@H]1[C@@H]2CC[C@]2(C)C(=O)CC[C@@H]12. The van der Waals surface area contributed by atoms with Crippen molar-refractivity contribution in [1.29, 1.82) is 0 Å². The lowest BCUT2D eigenvalue weighted by atomic mass is 9.55. The second-order valence-electron chi connectivity index (χ2n) is 8.50. The maximum Gasteiger partial charge on any atom is 0.311 e. The molecular formula is C23H28O3. The lowest BCUT2D eigenvalue weighted by Crippen LogP contribution is -2.42. The number of fused-ring (bicyclic) bond motifs is 5. The standard InChI is InChI=1S/C23H28O3/c1-3-4-5-22(25)26-16-7-9-17-15(14-16)6-8-19-18(17)12-13-23(2)20(19)10-11-21(23)24/h3,7,9,14,18-20H,1,4-6,8,10-13H2,2H3/t18-,19-,20+,23+/m1/s1. The first-order valence-electron chi connectivity index (χ1n) is 10.0. The molecule has 3 aliphatic carbocycles. The van der Waals surface area contributed by atoms with Gasteiger partial charge in [-0.1, -0.05) is 19.1 Å². The van der Waals surface area contributed by atoms with E-state index in [0.717, 1.165) is 38.5 Å². The molecule has 1 aromatic rings. The van der Waals surface area contributed by atoms with Gasteiger partial charge in [-0.05, 0) is 79.5 Å². The minimum atomic E-state index is -0.198. The molecule has 0 saturated heterocycles. The molecule has 0 bridgehead atoms. The van der Waals surface area contributed by atoms with Gasteiger partial charge in [0.2, 0.25) is 0 Å². The van der Waals surface area contributed by atoms with E-state index in [9.17, 15) is 9.59 Å². The monoisotopic (exact) mass is 352 g/mol. The molecule has 4 rings (SSSR count). The highest BCUT2D eigenvalue weighted by atomic mass is 16.5. The number of benzene rings is 1. The molecule has 2 saturated carbocycles. The second-order valence-corrected chi connectivity index (χ2v) is 8.50. The third-order valence-corrected chi connectivity index (χ3v) is 7.19. The molecule has 2 fully saturated rings. The third kappa shape index (κ3) is 2.82. The van der Waals surface area contributed by atoms with Crippen LogP contribution in [0.5, 0.6) is 5.75 Å². The Labute approximate surface area is 155 Å². The lowest BCUT2D eigenvalue weighted by molar-refractivity contribution is -0.134. The average molecular weight is 352 g/mol. The first-order valence-corrected chi connectivity index (χ1v) is 10.0. The fourth-order valence-electron chi connectivity index (χ4n) is 5.80. The van der Waals surface area contributed by atoms with E-state index >= 15 is 0 Å². The fourth-order valence-corrected chi connectivity index (χ4v) is 5.80. The number of aryl methyl sites for hydroxylation is 1. The smallest absolute Gasteiger partial charge is 0.311 e. The molecule has 0 aromatic heterocycles. The molecule has 3 heteroatoms. The largest absolute Gasteiger partial charge is 0.427 e. The van der Waals surface area contributed by atoms with Crippen molar-refractivity contribution < 1.29 is 14.3 Å². The van der Waals surface area contributed by atoms with Gasteiger partial charge in [0, 0.05) is 18.3 Å². The zero-order valence-corrected chi connectivity index (χ0v) is 15.6. The molecule has 26 heavy (non-hydrogen) atoms. The van der Waals surface area contributed by atoms with Crippen molar-refractivity contribution in [2.24, 2.45) is 17.3 Å². The van der Waals surface area contributed by atoms with Crippen LogP contribution in [0, 0.1) is 17.3 Å². The van der Waals surface area contributed by atoms with Crippen molar-refractivity contribution in [3.05, 3.63) is 42.0 Å². The number of rotatable bonds is 4. The lowest BCUT2D eigenvalue weighted by Gasteiger charge is -2.48. The van der Waals surface area contributed by atoms with Crippen LogP contribution in [-0.2, 0) is 16.0 Å². The van der Waals surface area contributed by atoms with Crippen molar-refractivity contribution in [3.63, 3.8) is 0 Å². The Morgan fingerprint density at radius 1 is 1.31 bits per heavy atom. The Hall–Kier alpha value is -1.90. The molecule has 1 aromatic carbocycles. The summed E-state index contributed by atoms with van der Waals surface area (Å²) in [4.78, 5) is 24.3. The normalized spacial score (nSPS) is 32.3. The van der Waals surface area contributed by atoms with Gasteiger partial charge in [0.1, 0.15) is 11.5 Å². The van der Waals surface area contributed by atoms with Crippen LogP contribution < -0.4 is 4.74 Å². The van der Waals surface area contributed by atoms with Gasteiger partial charge in [-0.25, -0.2) is 0 Å². The fraction of sp³-hybridized carbons (Fsp3) is 0.565. The summed E-state index contributed by atoms with van der Waals surface area (Å²) in [7, 11) is 0. The highest BCUT2D eigenvalue weighted by molar-refractivity contribution is 5.87. The van der Waals surface area contributed by atoms with E-state index in [1.165, 1.54) is 11.1 Å². The van der Waals surface area contributed by atoms with E-state index in [0.29, 0.717) is 42.1 Å². The first-order chi connectivity index (χ1) is 12.5. The highest BCUT2D eigenvalue weighted by Crippen LogP contribution is 2.59. The third-order valence-electron chi connectivity index (χ3n) is 7.19. The highest BCUT2D eigenvalue weighted by Gasteiger charge is 2.54. The van der Waals surface area contributed by atoms with Crippen LogP contribution in [0.25, 0.3) is 0 Å². The number of esters is 1. The topological polar surface area (TPSA) is 43.4 Å². The molecular weight excluding hydrogens is 324 g/mol. The summed E-state index contributed by atoms with van der Waals surface area (Å²) in [5.41, 5.74) is 2.68. The summed E-state index contributed by atoms with van der Waals surface area (Å²) < 4.78 is 5.49. The van der Waals surface area contributed by atoms with Crippen molar-refractivity contribution >= 4 is 11.8 Å². The Morgan fingerprint density at radius 3 is 2.96 bits per heavy atom. The summed E-state index contributed by atoms with van der Waals surface area (Å²) in [6, 6.07) is 6.17. The number of carbonyl (C=O) groups is 2. The summed E-state index contributed by atoms with van der Waals surface area (Å²) >= 11 is 0. The van der Waals surface area contributed by atoms with Gasteiger partial charge in [0.15, 0.2) is 0 Å². The van der Waals surface area contributed by atoms with Crippen LogP contribution in [0.15, 0.2) is 30.9 Å². The van der Waals surface area contributed by atoms with E-state index in [1.54, 1.807) is 6.08 Å². The Kier molecular flexibility index (Phi) is 4.50. The molecule has 0 unspecified atom stereocenters. The quantitative estimate of drug-likeness (QED) is 0.436. The minimum absolute atomic E-state index is 0.0701. The summed E-state index contributed by atoms with van der Waals surface area (Å²) in [5, 5.41) is 0. The Balaban J connectivity index is 1.53.